The lowest BCUT2D eigenvalue weighted by molar-refractivity contribution is -0.120. The molecule has 1 aromatic carbocycles. The summed E-state index contributed by atoms with van der Waals surface area (Å²) in [6.07, 6.45) is 2.04. The topological polar surface area (TPSA) is 40.6 Å². The molecule has 128 valence electrons. The number of rotatable bonds is 3. The van der Waals surface area contributed by atoms with Crippen LogP contribution in [0.5, 0.6) is 0 Å². The van der Waals surface area contributed by atoms with E-state index in [1.807, 2.05) is 22.4 Å². The summed E-state index contributed by atoms with van der Waals surface area (Å²) in [4.78, 5) is 30.3. The highest BCUT2D eigenvalue weighted by molar-refractivity contribution is 7.11. The minimum absolute atomic E-state index is 0.311. The summed E-state index contributed by atoms with van der Waals surface area (Å²) in [5.74, 6) is -0.638. The third-order valence-corrected chi connectivity index (χ3v) is 5.68. The Bertz CT molecular complexity index is 866. The van der Waals surface area contributed by atoms with Gasteiger partial charge in [0.25, 0.3) is 11.8 Å². The Balaban J connectivity index is 1.84. The zero-order valence-corrected chi connectivity index (χ0v) is 15.5. The van der Waals surface area contributed by atoms with Crippen molar-refractivity contribution in [2.75, 3.05) is 18.0 Å². The number of imide groups is 1. The standard InChI is InChI=1S/C18H14Cl2N2O2S/c19-11-8-12(20)10-13(9-11)22-17(23)15(14-4-3-7-25-14)16(18(22)24)21-5-1-2-6-21/h3-4,7-10H,1-2,5-6H2. The summed E-state index contributed by atoms with van der Waals surface area (Å²) >= 11 is 13.6. The normalized spacial score (nSPS) is 18.0. The molecule has 0 atom stereocenters. The molecule has 0 radical (unpaired) electrons. The number of anilines is 1. The number of carbonyl (C=O) groups excluding carboxylic acids is 2. The first kappa shape index (κ1) is 16.6. The molecule has 2 aromatic rings. The maximum atomic E-state index is 13.2. The molecule has 25 heavy (non-hydrogen) atoms. The largest absolute Gasteiger partial charge is 0.366 e. The summed E-state index contributed by atoms with van der Waals surface area (Å²) in [6, 6.07) is 8.50. The van der Waals surface area contributed by atoms with Crippen LogP contribution < -0.4 is 4.90 Å². The van der Waals surface area contributed by atoms with Crippen LogP contribution in [0.4, 0.5) is 5.69 Å². The van der Waals surface area contributed by atoms with Crippen molar-refractivity contribution >= 4 is 57.6 Å². The molecule has 4 nitrogen and oxygen atoms in total. The zero-order chi connectivity index (χ0) is 17.6. The molecule has 2 amide bonds. The lowest BCUT2D eigenvalue weighted by atomic mass is 10.2. The molecule has 2 aliphatic rings. The second-order valence-corrected chi connectivity index (χ2v) is 7.79. The number of thiophene rings is 1. The number of hydrogen-bond acceptors (Lipinski definition) is 4. The van der Waals surface area contributed by atoms with Crippen LogP contribution in [0.2, 0.25) is 10.0 Å². The Morgan fingerprint density at radius 1 is 0.960 bits per heavy atom. The van der Waals surface area contributed by atoms with Crippen LogP contribution in [0, 0.1) is 0 Å². The molecule has 3 heterocycles. The Kier molecular flexibility index (Phi) is 4.31. The lowest BCUT2D eigenvalue weighted by Gasteiger charge is -2.20. The Labute approximate surface area is 159 Å². The van der Waals surface area contributed by atoms with Gasteiger partial charge in [0.2, 0.25) is 0 Å². The van der Waals surface area contributed by atoms with Gasteiger partial charge in [0.15, 0.2) is 0 Å². The quantitative estimate of drug-likeness (QED) is 0.725. The molecule has 1 saturated heterocycles. The fourth-order valence-electron chi connectivity index (χ4n) is 3.30. The first-order valence-electron chi connectivity index (χ1n) is 7.94. The SMILES string of the molecule is O=C1C(c2cccs2)=C(N2CCCC2)C(=O)N1c1cc(Cl)cc(Cl)c1. The number of halogens is 2. The summed E-state index contributed by atoms with van der Waals surface area (Å²) in [5, 5.41) is 2.67. The van der Waals surface area contributed by atoms with E-state index >= 15 is 0 Å². The van der Waals surface area contributed by atoms with E-state index in [2.05, 4.69) is 0 Å². The molecule has 7 heteroatoms. The van der Waals surface area contributed by atoms with Crippen molar-refractivity contribution in [3.05, 3.63) is 56.3 Å². The number of carbonyl (C=O) groups is 2. The molecular weight excluding hydrogens is 379 g/mol. The molecular formula is C18H14Cl2N2O2S. The summed E-state index contributed by atoms with van der Waals surface area (Å²) in [5.41, 5.74) is 1.36. The second-order valence-electron chi connectivity index (χ2n) is 5.97. The van der Waals surface area contributed by atoms with Crippen LogP contribution in [0.25, 0.3) is 5.57 Å². The molecule has 0 spiro atoms. The molecule has 0 unspecified atom stereocenters. The smallest absolute Gasteiger partial charge is 0.282 e. The summed E-state index contributed by atoms with van der Waals surface area (Å²) in [7, 11) is 0. The molecule has 1 aromatic heterocycles. The predicted octanol–water partition coefficient (Wildman–Crippen LogP) is 4.44. The van der Waals surface area contributed by atoms with Gasteiger partial charge in [0, 0.05) is 28.0 Å². The summed E-state index contributed by atoms with van der Waals surface area (Å²) in [6.45, 7) is 1.57. The van der Waals surface area contributed by atoms with E-state index in [4.69, 9.17) is 23.2 Å². The molecule has 0 bridgehead atoms. The van der Waals surface area contributed by atoms with Crippen LogP contribution in [0.3, 0.4) is 0 Å². The fourth-order valence-corrected chi connectivity index (χ4v) is 4.58. The average Bonchev–Trinajstić information content (AvgIpc) is 3.27. The highest BCUT2D eigenvalue weighted by atomic mass is 35.5. The number of benzene rings is 1. The Hall–Kier alpha value is -1.82. The molecule has 0 N–H and O–H groups in total. The van der Waals surface area contributed by atoms with Gasteiger partial charge in [0.05, 0.1) is 11.3 Å². The maximum Gasteiger partial charge on any atom is 0.282 e. The highest BCUT2D eigenvalue weighted by Crippen LogP contribution is 2.38. The van der Waals surface area contributed by atoms with Crippen LogP contribution in [0.15, 0.2) is 41.4 Å². The highest BCUT2D eigenvalue weighted by Gasteiger charge is 2.43. The predicted molar refractivity (Wildman–Crippen MR) is 101 cm³/mol. The number of likely N-dealkylation sites (tertiary alicyclic amines) is 1. The van der Waals surface area contributed by atoms with Crippen molar-refractivity contribution in [1.82, 2.24) is 4.90 Å². The lowest BCUT2D eigenvalue weighted by Crippen LogP contribution is -2.34. The number of amides is 2. The third kappa shape index (κ3) is 2.86. The monoisotopic (exact) mass is 392 g/mol. The van der Waals surface area contributed by atoms with Gasteiger partial charge in [0.1, 0.15) is 5.70 Å². The van der Waals surface area contributed by atoms with Crippen molar-refractivity contribution in [3.63, 3.8) is 0 Å². The maximum absolute atomic E-state index is 13.2. The first-order valence-corrected chi connectivity index (χ1v) is 9.58. The van der Waals surface area contributed by atoms with Crippen molar-refractivity contribution in [2.45, 2.75) is 12.8 Å². The first-order chi connectivity index (χ1) is 12.1. The van der Waals surface area contributed by atoms with Crippen molar-refractivity contribution in [3.8, 4) is 0 Å². The molecule has 0 saturated carbocycles. The molecule has 4 rings (SSSR count). The van der Waals surface area contributed by atoms with Crippen LogP contribution >= 0.6 is 34.5 Å². The van der Waals surface area contributed by atoms with E-state index in [1.54, 1.807) is 18.2 Å². The van der Waals surface area contributed by atoms with E-state index in [0.717, 1.165) is 30.8 Å². The van der Waals surface area contributed by atoms with Gasteiger partial charge in [-0.1, -0.05) is 29.3 Å². The van der Waals surface area contributed by atoms with Crippen molar-refractivity contribution in [2.24, 2.45) is 0 Å². The third-order valence-electron chi connectivity index (χ3n) is 4.35. The fraction of sp³-hybridized carbons (Fsp3) is 0.222. The second kappa shape index (κ2) is 6.48. The van der Waals surface area contributed by atoms with Crippen LogP contribution in [-0.4, -0.2) is 29.8 Å². The minimum Gasteiger partial charge on any atom is -0.366 e. The van der Waals surface area contributed by atoms with Gasteiger partial charge in [-0.05, 0) is 42.5 Å². The van der Waals surface area contributed by atoms with E-state index in [0.29, 0.717) is 27.0 Å². The van der Waals surface area contributed by atoms with Gasteiger partial charge in [-0.3, -0.25) is 9.59 Å². The van der Waals surface area contributed by atoms with Crippen molar-refractivity contribution < 1.29 is 9.59 Å². The van der Waals surface area contributed by atoms with E-state index in [-0.39, 0.29) is 11.8 Å². The summed E-state index contributed by atoms with van der Waals surface area (Å²) < 4.78 is 0. The van der Waals surface area contributed by atoms with E-state index in [9.17, 15) is 9.59 Å². The average molecular weight is 393 g/mol. The van der Waals surface area contributed by atoms with Crippen LogP contribution in [0.1, 0.15) is 17.7 Å². The zero-order valence-electron chi connectivity index (χ0n) is 13.2. The minimum atomic E-state index is -0.326. The molecule has 2 aliphatic heterocycles. The van der Waals surface area contributed by atoms with Gasteiger partial charge < -0.3 is 4.90 Å². The van der Waals surface area contributed by atoms with Crippen LogP contribution in [-0.2, 0) is 9.59 Å². The Morgan fingerprint density at radius 2 is 1.64 bits per heavy atom. The van der Waals surface area contributed by atoms with Gasteiger partial charge in [-0.25, -0.2) is 4.90 Å². The molecule has 1 fully saturated rings. The number of hydrogen-bond donors (Lipinski definition) is 0. The van der Waals surface area contributed by atoms with E-state index in [1.165, 1.54) is 16.2 Å². The van der Waals surface area contributed by atoms with E-state index < -0.39 is 0 Å². The number of nitrogens with zero attached hydrogens (tertiary/aromatic N) is 2. The van der Waals surface area contributed by atoms with Gasteiger partial charge in [-0.2, -0.15) is 0 Å². The van der Waals surface area contributed by atoms with Crippen molar-refractivity contribution in [1.29, 1.82) is 0 Å². The molecule has 0 aliphatic carbocycles. The Morgan fingerprint density at radius 3 is 2.24 bits per heavy atom. The van der Waals surface area contributed by atoms with Gasteiger partial charge in [-0.15, -0.1) is 11.3 Å². The van der Waals surface area contributed by atoms with Gasteiger partial charge >= 0.3 is 0 Å².